The molecule has 6 nitrogen and oxygen atoms in total. The summed E-state index contributed by atoms with van der Waals surface area (Å²) in [7, 11) is 0. The van der Waals surface area contributed by atoms with E-state index in [0.717, 1.165) is 11.3 Å². The molecule has 1 amide bonds. The fourth-order valence-corrected chi connectivity index (χ4v) is 4.16. The van der Waals surface area contributed by atoms with Crippen LogP contribution in [-0.2, 0) is 6.42 Å². The van der Waals surface area contributed by atoms with Crippen molar-refractivity contribution in [1.29, 1.82) is 0 Å². The van der Waals surface area contributed by atoms with Crippen molar-refractivity contribution in [3.05, 3.63) is 46.8 Å². The van der Waals surface area contributed by atoms with E-state index in [-0.39, 0.29) is 23.8 Å². The number of fused-ring (bicyclic) bond motifs is 2. The molecule has 2 aliphatic rings. The quantitative estimate of drug-likeness (QED) is 0.903. The van der Waals surface area contributed by atoms with E-state index in [1.54, 1.807) is 13.8 Å². The van der Waals surface area contributed by atoms with Gasteiger partial charge in [-0.3, -0.25) is 4.79 Å². The number of ether oxygens (including phenoxy) is 1. The van der Waals surface area contributed by atoms with Crippen molar-refractivity contribution in [2.75, 3.05) is 26.3 Å². The van der Waals surface area contributed by atoms with Crippen LogP contribution < -0.4 is 4.74 Å². The highest BCUT2D eigenvalue weighted by Gasteiger charge is 2.50. The van der Waals surface area contributed by atoms with Crippen molar-refractivity contribution in [3.63, 3.8) is 0 Å². The topological polar surface area (TPSA) is 75.8 Å². The van der Waals surface area contributed by atoms with E-state index in [1.807, 2.05) is 29.2 Å². The molecule has 2 aliphatic heterocycles. The molecule has 3 heterocycles. The van der Waals surface area contributed by atoms with Crippen LogP contribution in [0.15, 0.2) is 28.8 Å². The maximum Gasteiger partial charge on any atom is 0.259 e. The summed E-state index contributed by atoms with van der Waals surface area (Å²) in [6.45, 7) is 5.14. The third kappa shape index (κ3) is 2.52. The van der Waals surface area contributed by atoms with Gasteiger partial charge in [0.2, 0.25) is 0 Å². The number of hydrogen-bond acceptors (Lipinski definition) is 5. The monoisotopic (exact) mass is 342 g/mol. The molecule has 0 bridgehead atoms. The molecular weight excluding hydrogens is 320 g/mol. The lowest BCUT2D eigenvalue weighted by molar-refractivity contribution is 0.0693. The molecule has 1 aromatic carbocycles. The number of aromatic nitrogens is 1. The Hall–Kier alpha value is -2.34. The lowest BCUT2D eigenvalue weighted by Crippen LogP contribution is -2.38. The molecule has 1 saturated heterocycles. The van der Waals surface area contributed by atoms with Crippen LogP contribution in [0.2, 0.25) is 0 Å². The number of rotatable bonds is 2. The summed E-state index contributed by atoms with van der Waals surface area (Å²) in [5.74, 6) is 1.43. The molecule has 1 N–H and O–H groups in total. The molecule has 0 saturated carbocycles. The van der Waals surface area contributed by atoms with E-state index < -0.39 is 0 Å². The maximum atomic E-state index is 13.0. The summed E-state index contributed by atoms with van der Waals surface area (Å²) in [6.07, 6.45) is 0.704. The van der Waals surface area contributed by atoms with Crippen LogP contribution in [-0.4, -0.2) is 47.4 Å². The van der Waals surface area contributed by atoms with Crippen molar-refractivity contribution in [2.45, 2.75) is 20.3 Å². The number of carbonyl (C=O) groups is 1. The van der Waals surface area contributed by atoms with Crippen molar-refractivity contribution < 1.29 is 19.2 Å². The van der Waals surface area contributed by atoms with Gasteiger partial charge in [0.1, 0.15) is 17.1 Å². The Morgan fingerprint density at radius 1 is 1.40 bits per heavy atom. The van der Waals surface area contributed by atoms with Crippen molar-refractivity contribution in [3.8, 4) is 5.75 Å². The number of nitrogens with zero attached hydrogens (tertiary/aromatic N) is 2. The summed E-state index contributed by atoms with van der Waals surface area (Å²) in [6, 6.07) is 7.94. The molecule has 2 atom stereocenters. The second kappa shape index (κ2) is 5.88. The third-order valence-electron chi connectivity index (χ3n) is 5.62. The first-order valence-electron chi connectivity index (χ1n) is 8.58. The van der Waals surface area contributed by atoms with Gasteiger partial charge in [-0.1, -0.05) is 23.4 Å². The Labute approximate surface area is 146 Å². The molecule has 0 unspecified atom stereocenters. The van der Waals surface area contributed by atoms with E-state index in [1.165, 1.54) is 0 Å². The molecule has 132 valence electrons. The highest BCUT2D eigenvalue weighted by molar-refractivity contribution is 5.96. The van der Waals surface area contributed by atoms with Gasteiger partial charge in [-0.05, 0) is 31.9 Å². The smallest absolute Gasteiger partial charge is 0.259 e. The highest BCUT2D eigenvalue weighted by Crippen LogP contribution is 2.43. The van der Waals surface area contributed by atoms with Gasteiger partial charge < -0.3 is 19.3 Å². The molecule has 0 spiro atoms. The van der Waals surface area contributed by atoms with Gasteiger partial charge in [0.05, 0.1) is 18.9 Å². The number of aliphatic hydroxyl groups is 1. The Kier molecular flexibility index (Phi) is 3.80. The number of carbonyl (C=O) groups excluding carboxylic acids is 1. The number of likely N-dealkylation sites (tertiary alicyclic amines) is 1. The molecule has 25 heavy (non-hydrogen) atoms. The Bertz CT molecular complexity index is 796. The van der Waals surface area contributed by atoms with Gasteiger partial charge >= 0.3 is 0 Å². The van der Waals surface area contributed by atoms with Gasteiger partial charge in [0, 0.05) is 24.4 Å². The SMILES string of the molecule is Cc1noc(C)c1C(=O)N1C[C@@H]2COc3ccccc3C[C@]2(CO)C1. The van der Waals surface area contributed by atoms with Gasteiger partial charge in [0.25, 0.3) is 5.91 Å². The summed E-state index contributed by atoms with van der Waals surface area (Å²) in [5, 5.41) is 14.1. The fourth-order valence-electron chi connectivity index (χ4n) is 4.16. The van der Waals surface area contributed by atoms with Crippen molar-refractivity contribution >= 4 is 5.91 Å². The van der Waals surface area contributed by atoms with E-state index in [9.17, 15) is 9.90 Å². The lowest BCUT2D eigenvalue weighted by atomic mass is 9.75. The average molecular weight is 342 g/mol. The Morgan fingerprint density at radius 2 is 2.20 bits per heavy atom. The Balaban J connectivity index is 1.64. The molecular formula is C19H22N2O4. The van der Waals surface area contributed by atoms with Crippen LogP contribution in [0, 0.1) is 25.2 Å². The van der Waals surface area contributed by atoms with Crippen molar-refractivity contribution in [2.24, 2.45) is 11.3 Å². The summed E-state index contributed by atoms with van der Waals surface area (Å²) >= 11 is 0. The standard InChI is InChI=1S/C19H22N2O4/c1-12-17(13(2)25-20-12)18(23)21-8-15-9-24-16-6-4-3-5-14(16)7-19(15,10-21)11-22/h3-6,15,22H,7-11H2,1-2H3/t15-,19-/m1/s1. The highest BCUT2D eigenvalue weighted by atomic mass is 16.5. The Morgan fingerprint density at radius 3 is 2.92 bits per heavy atom. The number of benzene rings is 1. The lowest BCUT2D eigenvalue weighted by Gasteiger charge is -2.30. The second-order valence-corrected chi connectivity index (χ2v) is 7.20. The van der Waals surface area contributed by atoms with E-state index in [2.05, 4.69) is 5.16 Å². The van der Waals surface area contributed by atoms with E-state index in [0.29, 0.717) is 43.1 Å². The normalized spacial score (nSPS) is 25.1. The van der Waals surface area contributed by atoms with E-state index >= 15 is 0 Å². The second-order valence-electron chi connectivity index (χ2n) is 7.20. The van der Waals surface area contributed by atoms with Crippen LogP contribution in [0.25, 0.3) is 0 Å². The van der Waals surface area contributed by atoms with Crippen LogP contribution in [0.5, 0.6) is 5.75 Å². The average Bonchev–Trinajstić information content (AvgIpc) is 3.09. The van der Waals surface area contributed by atoms with Crippen LogP contribution in [0.1, 0.15) is 27.4 Å². The van der Waals surface area contributed by atoms with Crippen LogP contribution >= 0.6 is 0 Å². The first-order chi connectivity index (χ1) is 12.0. The minimum absolute atomic E-state index is 0.0285. The predicted molar refractivity (Wildman–Crippen MR) is 90.5 cm³/mol. The molecule has 1 aromatic heterocycles. The van der Waals surface area contributed by atoms with Crippen molar-refractivity contribution in [1.82, 2.24) is 10.1 Å². The zero-order chi connectivity index (χ0) is 17.6. The third-order valence-corrected chi connectivity index (χ3v) is 5.62. The first-order valence-corrected chi connectivity index (χ1v) is 8.58. The molecule has 0 aliphatic carbocycles. The van der Waals surface area contributed by atoms with Gasteiger partial charge in [0.15, 0.2) is 0 Å². The zero-order valence-corrected chi connectivity index (χ0v) is 14.5. The van der Waals surface area contributed by atoms with E-state index in [4.69, 9.17) is 9.26 Å². The molecule has 2 aromatic rings. The zero-order valence-electron chi connectivity index (χ0n) is 14.5. The largest absolute Gasteiger partial charge is 0.493 e. The number of para-hydroxylation sites is 1. The van der Waals surface area contributed by atoms with Gasteiger partial charge in [-0.2, -0.15) is 0 Å². The first kappa shape index (κ1) is 16.1. The molecule has 6 heteroatoms. The number of hydrogen-bond donors (Lipinski definition) is 1. The van der Waals surface area contributed by atoms with Crippen LogP contribution in [0.4, 0.5) is 0 Å². The van der Waals surface area contributed by atoms with Crippen LogP contribution in [0.3, 0.4) is 0 Å². The van der Waals surface area contributed by atoms with Gasteiger partial charge in [-0.15, -0.1) is 0 Å². The minimum atomic E-state index is -0.374. The molecule has 0 radical (unpaired) electrons. The summed E-state index contributed by atoms with van der Waals surface area (Å²) in [4.78, 5) is 14.8. The number of aryl methyl sites for hydroxylation is 2. The summed E-state index contributed by atoms with van der Waals surface area (Å²) in [5.41, 5.74) is 1.85. The maximum absolute atomic E-state index is 13.0. The molecule has 1 fully saturated rings. The molecule has 4 rings (SSSR count). The predicted octanol–water partition coefficient (Wildman–Crippen LogP) is 1.98. The van der Waals surface area contributed by atoms with Gasteiger partial charge in [-0.25, -0.2) is 0 Å². The number of amides is 1. The minimum Gasteiger partial charge on any atom is -0.493 e. The number of aliphatic hydroxyl groups excluding tert-OH is 1. The summed E-state index contributed by atoms with van der Waals surface area (Å²) < 4.78 is 11.1. The fraction of sp³-hybridized carbons (Fsp3) is 0.474.